The molecule has 4 heteroatoms. The lowest BCUT2D eigenvalue weighted by atomic mass is 9.90. The molecule has 0 fully saturated rings. The van der Waals surface area contributed by atoms with E-state index in [1.54, 1.807) is 7.11 Å². The highest BCUT2D eigenvalue weighted by molar-refractivity contribution is 8.00. The van der Waals surface area contributed by atoms with Crippen molar-refractivity contribution in [2.24, 2.45) is 0 Å². The molecule has 0 amide bonds. The van der Waals surface area contributed by atoms with Crippen molar-refractivity contribution in [3.05, 3.63) is 28.3 Å². The van der Waals surface area contributed by atoms with Crippen molar-refractivity contribution in [1.29, 1.82) is 0 Å². The lowest BCUT2D eigenvalue weighted by Crippen LogP contribution is -2.40. The summed E-state index contributed by atoms with van der Waals surface area (Å²) in [5.41, 5.74) is 2.45. The molecule has 1 aliphatic rings. The predicted molar refractivity (Wildman–Crippen MR) is 79.8 cm³/mol. The Balaban J connectivity index is 2.56. The summed E-state index contributed by atoms with van der Waals surface area (Å²) in [6.07, 6.45) is 0. The molecule has 1 heterocycles. The van der Waals surface area contributed by atoms with Gasteiger partial charge in [0, 0.05) is 27.1 Å². The van der Waals surface area contributed by atoms with Crippen molar-refractivity contribution in [2.45, 2.75) is 37.3 Å². The van der Waals surface area contributed by atoms with Crippen LogP contribution >= 0.6 is 23.4 Å². The number of benzene rings is 1. The number of hydrogen-bond donors (Lipinski definition) is 1. The Bertz CT molecular complexity index is 448. The van der Waals surface area contributed by atoms with E-state index in [2.05, 4.69) is 26.1 Å². The van der Waals surface area contributed by atoms with Crippen LogP contribution in [0.4, 0.5) is 0 Å². The number of methoxy groups -OCH3 is 1. The number of ether oxygens (including phenoxy) is 1. The summed E-state index contributed by atoms with van der Waals surface area (Å²) in [5.74, 6) is 1.90. The summed E-state index contributed by atoms with van der Waals surface area (Å²) in [6.45, 7) is 7.60. The first-order valence-electron chi connectivity index (χ1n) is 6.24. The molecule has 0 saturated heterocycles. The van der Waals surface area contributed by atoms with Gasteiger partial charge >= 0.3 is 0 Å². The second kappa shape index (κ2) is 5.32. The lowest BCUT2D eigenvalue weighted by molar-refractivity contribution is 0.402. The maximum absolute atomic E-state index is 6.42. The number of thioether (sulfide) groups is 1. The average molecular weight is 286 g/mol. The fraction of sp³-hybridized carbons (Fsp3) is 0.571. The molecule has 100 valence electrons. The lowest BCUT2D eigenvalue weighted by Gasteiger charge is -2.40. The molecule has 2 nitrogen and oxygen atoms in total. The molecule has 1 aliphatic heterocycles. The van der Waals surface area contributed by atoms with Gasteiger partial charge < -0.3 is 10.1 Å². The summed E-state index contributed by atoms with van der Waals surface area (Å²) in [6, 6.07) is 4.16. The Morgan fingerprint density at radius 3 is 2.83 bits per heavy atom. The van der Waals surface area contributed by atoms with E-state index in [9.17, 15) is 0 Å². The maximum Gasteiger partial charge on any atom is 0.123 e. The summed E-state index contributed by atoms with van der Waals surface area (Å²) in [4.78, 5) is 0. The highest BCUT2D eigenvalue weighted by Crippen LogP contribution is 2.50. The van der Waals surface area contributed by atoms with E-state index in [0.29, 0.717) is 0 Å². The van der Waals surface area contributed by atoms with Crippen LogP contribution in [0, 0.1) is 0 Å². The van der Waals surface area contributed by atoms with Gasteiger partial charge in [-0.25, -0.2) is 0 Å². The summed E-state index contributed by atoms with van der Waals surface area (Å²) in [5, 5.41) is 4.40. The molecular formula is C14H20ClNOS. The van der Waals surface area contributed by atoms with Gasteiger partial charge in [-0.1, -0.05) is 18.5 Å². The SMILES string of the molecule is CCNC1c2c(Cl)ccc(OC)c2CSC1(C)C. The van der Waals surface area contributed by atoms with Crippen molar-refractivity contribution in [3.8, 4) is 5.75 Å². The van der Waals surface area contributed by atoms with Gasteiger partial charge in [-0.3, -0.25) is 0 Å². The first-order valence-corrected chi connectivity index (χ1v) is 7.60. The average Bonchev–Trinajstić information content (AvgIpc) is 2.33. The van der Waals surface area contributed by atoms with Gasteiger partial charge in [-0.15, -0.1) is 11.8 Å². The van der Waals surface area contributed by atoms with Crippen molar-refractivity contribution in [3.63, 3.8) is 0 Å². The minimum Gasteiger partial charge on any atom is -0.496 e. The second-order valence-electron chi connectivity index (χ2n) is 5.02. The number of halogens is 1. The number of nitrogens with one attached hydrogen (secondary N) is 1. The molecule has 0 radical (unpaired) electrons. The predicted octanol–water partition coefficient (Wildman–Crippen LogP) is 4.02. The van der Waals surface area contributed by atoms with Gasteiger partial charge in [0.25, 0.3) is 0 Å². The van der Waals surface area contributed by atoms with Gasteiger partial charge in [-0.2, -0.15) is 0 Å². The monoisotopic (exact) mass is 285 g/mol. The van der Waals surface area contributed by atoms with Gasteiger partial charge in [0.2, 0.25) is 0 Å². The van der Waals surface area contributed by atoms with Crippen LogP contribution in [0.5, 0.6) is 5.75 Å². The van der Waals surface area contributed by atoms with Crippen LogP contribution in [0.1, 0.15) is 37.9 Å². The standard InChI is InChI=1S/C14H20ClNOS/c1-5-16-13-12-9(8-18-14(13,2)3)11(17-4)7-6-10(12)15/h6-7,13,16H,5,8H2,1-4H3. The van der Waals surface area contributed by atoms with E-state index in [1.165, 1.54) is 11.1 Å². The van der Waals surface area contributed by atoms with Crippen LogP contribution in [-0.2, 0) is 5.75 Å². The molecule has 1 unspecified atom stereocenters. The smallest absolute Gasteiger partial charge is 0.123 e. The molecule has 1 aromatic carbocycles. The Morgan fingerprint density at radius 1 is 1.50 bits per heavy atom. The van der Waals surface area contributed by atoms with Crippen LogP contribution in [0.25, 0.3) is 0 Å². The van der Waals surface area contributed by atoms with Gasteiger partial charge in [0.1, 0.15) is 5.75 Å². The molecular weight excluding hydrogens is 266 g/mol. The highest BCUT2D eigenvalue weighted by atomic mass is 35.5. The zero-order valence-electron chi connectivity index (χ0n) is 11.3. The summed E-state index contributed by atoms with van der Waals surface area (Å²) < 4.78 is 5.60. The van der Waals surface area contributed by atoms with E-state index < -0.39 is 0 Å². The van der Waals surface area contributed by atoms with E-state index in [0.717, 1.165) is 23.1 Å². The first-order chi connectivity index (χ1) is 8.51. The van der Waals surface area contributed by atoms with Crippen LogP contribution in [0.2, 0.25) is 5.02 Å². The zero-order chi connectivity index (χ0) is 13.3. The Kier molecular flexibility index (Phi) is 4.15. The van der Waals surface area contributed by atoms with Crippen molar-refractivity contribution in [1.82, 2.24) is 5.32 Å². The zero-order valence-corrected chi connectivity index (χ0v) is 12.9. The van der Waals surface area contributed by atoms with E-state index in [1.807, 2.05) is 23.9 Å². The molecule has 0 bridgehead atoms. The van der Waals surface area contributed by atoms with Crippen LogP contribution in [-0.4, -0.2) is 18.4 Å². The molecule has 0 aliphatic carbocycles. The minimum absolute atomic E-state index is 0.138. The molecule has 2 rings (SSSR count). The normalized spacial score (nSPS) is 21.5. The summed E-state index contributed by atoms with van der Waals surface area (Å²) in [7, 11) is 1.72. The van der Waals surface area contributed by atoms with Crippen molar-refractivity contribution in [2.75, 3.05) is 13.7 Å². The number of fused-ring (bicyclic) bond motifs is 1. The largest absolute Gasteiger partial charge is 0.496 e. The molecule has 1 aromatic rings. The van der Waals surface area contributed by atoms with Crippen LogP contribution in [0.3, 0.4) is 0 Å². The third kappa shape index (κ3) is 2.36. The van der Waals surface area contributed by atoms with Gasteiger partial charge in [0.15, 0.2) is 0 Å². The van der Waals surface area contributed by atoms with Crippen molar-refractivity contribution >= 4 is 23.4 Å². The highest BCUT2D eigenvalue weighted by Gasteiger charge is 2.38. The Morgan fingerprint density at radius 2 is 2.22 bits per heavy atom. The molecule has 0 spiro atoms. The van der Waals surface area contributed by atoms with E-state index in [4.69, 9.17) is 16.3 Å². The Labute approximate surface area is 118 Å². The van der Waals surface area contributed by atoms with Gasteiger partial charge in [0.05, 0.1) is 7.11 Å². The van der Waals surface area contributed by atoms with Gasteiger partial charge in [-0.05, 0) is 38.1 Å². The minimum atomic E-state index is 0.138. The fourth-order valence-corrected chi connectivity index (χ4v) is 3.98. The third-order valence-corrected chi connectivity index (χ3v) is 5.20. The number of hydrogen-bond acceptors (Lipinski definition) is 3. The molecule has 0 aromatic heterocycles. The maximum atomic E-state index is 6.42. The number of rotatable bonds is 3. The molecule has 0 saturated carbocycles. The molecule has 18 heavy (non-hydrogen) atoms. The van der Waals surface area contributed by atoms with E-state index >= 15 is 0 Å². The van der Waals surface area contributed by atoms with Crippen LogP contribution in [0.15, 0.2) is 12.1 Å². The fourth-order valence-electron chi connectivity index (χ4n) is 2.51. The molecule has 1 N–H and O–H groups in total. The summed E-state index contributed by atoms with van der Waals surface area (Å²) >= 11 is 8.37. The first kappa shape index (κ1) is 14.0. The second-order valence-corrected chi connectivity index (χ2v) is 7.06. The topological polar surface area (TPSA) is 21.3 Å². The third-order valence-electron chi connectivity index (χ3n) is 3.46. The van der Waals surface area contributed by atoms with Crippen molar-refractivity contribution < 1.29 is 4.74 Å². The quantitative estimate of drug-likeness (QED) is 0.906. The van der Waals surface area contributed by atoms with E-state index in [-0.39, 0.29) is 10.8 Å². The molecule has 1 atom stereocenters. The Hall–Kier alpha value is -0.380. The van der Waals surface area contributed by atoms with Crippen LogP contribution < -0.4 is 10.1 Å².